The maximum atomic E-state index is 12.6. The largest absolute Gasteiger partial charge is 0.327 e. The van der Waals surface area contributed by atoms with Gasteiger partial charge in [-0.15, -0.1) is 0 Å². The number of Topliss-reactive ketones (excluding diaryl/α,β-unsaturated/α-hetero) is 1. The zero-order valence-electron chi connectivity index (χ0n) is 13.4. The third kappa shape index (κ3) is 2.78. The topological polar surface area (TPSA) is 43.1 Å². The molecule has 2 N–H and O–H groups in total. The van der Waals surface area contributed by atoms with Gasteiger partial charge < -0.3 is 5.73 Å². The first-order valence-electron chi connectivity index (χ1n) is 8.24. The van der Waals surface area contributed by atoms with E-state index in [9.17, 15) is 4.79 Å². The van der Waals surface area contributed by atoms with Crippen LogP contribution in [-0.4, -0.2) is 11.8 Å². The number of nitrogens with two attached hydrogens (primary N) is 1. The van der Waals surface area contributed by atoms with Crippen LogP contribution < -0.4 is 5.73 Å². The molecule has 0 heterocycles. The highest BCUT2D eigenvalue weighted by atomic mass is 16.1. The molecule has 0 aliphatic heterocycles. The maximum absolute atomic E-state index is 12.6. The fourth-order valence-electron chi connectivity index (χ4n) is 4.26. The monoisotopic (exact) mass is 285 g/mol. The molecular weight excluding hydrogens is 258 g/mol. The molecule has 0 amide bonds. The lowest BCUT2D eigenvalue weighted by molar-refractivity contribution is -0.124. The standard InChI is InChI=1S/C19H27NO/c1-19(2,3)15-8-4-12(5-9-15)10-16(21)17-13-6-7-14(11-13)18(17)20/h4-5,8-9,13-14,17-18H,6-7,10-11,20H2,1-3H3. The van der Waals surface area contributed by atoms with Crippen LogP contribution in [0.5, 0.6) is 0 Å². The second kappa shape index (κ2) is 5.24. The Morgan fingerprint density at radius 3 is 2.29 bits per heavy atom. The van der Waals surface area contributed by atoms with Crippen molar-refractivity contribution in [2.24, 2.45) is 23.5 Å². The van der Waals surface area contributed by atoms with Crippen LogP contribution in [0.3, 0.4) is 0 Å². The van der Waals surface area contributed by atoms with Crippen LogP contribution in [0, 0.1) is 17.8 Å². The van der Waals surface area contributed by atoms with E-state index in [-0.39, 0.29) is 17.4 Å². The summed E-state index contributed by atoms with van der Waals surface area (Å²) in [4.78, 5) is 12.6. The molecule has 4 atom stereocenters. The molecule has 0 saturated heterocycles. The van der Waals surface area contributed by atoms with E-state index in [1.165, 1.54) is 24.8 Å². The minimum Gasteiger partial charge on any atom is -0.327 e. The number of benzene rings is 1. The van der Waals surface area contributed by atoms with Crippen molar-refractivity contribution in [2.45, 2.75) is 57.9 Å². The van der Waals surface area contributed by atoms with E-state index in [0.717, 1.165) is 5.56 Å². The molecule has 1 aromatic rings. The summed E-state index contributed by atoms with van der Waals surface area (Å²) in [5, 5.41) is 0. The smallest absolute Gasteiger partial charge is 0.142 e. The molecule has 2 nitrogen and oxygen atoms in total. The van der Waals surface area contributed by atoms with Crippen molar-refractivity contribution in [3.05, 3.63) is 35.4 Å². The summed E-state index contributed by atoms with van der Waals surface area (Å²) >= 11 is 0. The lowest BCUT2D eigenvalue weighted by Crippen LogP contribution is -2.40. The van der Waals surface area contributed by atoms with Gasteiger partial charge in [0.05, 0.1) is 0 Å². The number of hydrogen-bond acceptors (Lipinski definition) is 2. The van der Waals surface area contributed by atoms with Crippen molar-refractivity contribution < 1.29 is 4.79 Å². The summed E-state index contributed by atoms with van der Waals surface area (Å²) in [5.74, 6) is 1.64. The first-order valence-corrected chi connectivity index (χ1v) is 8.24. The highest BCUT2D eigenvalue weighted by Gasteiger charge is 2.48. The quantitative estimate of drug-likeness (QED) is 0.924. The summed E-state index contributed by atoms with van der Waals surface area (Å²) in [6, 6.07) is 8.64. The van der Waals surface area contributed by atoms with E-state index >= 15 is 0 Å². The Balaban J connectivity index is 1.68. The predicted molar refractivity (Wildman–Crippen MR) is 86.1 cm³/mol. The van der Waals surface area contributed by atoms with Crippen LogP contribution >= 0.6 is 0 Å². The van der Waals surface area contributed by atoms with Crippen molar-refractivity contribution in [1.29, 1.82) is 0 Å². The van der Waals surface area contributed by atoms with Crippen LogP contribution in [0.4, 0.5) is 0 Å². The van der Waals surface area contributed by atoms with Gasteiger partial charge in [-0.05, 0) is 47.6 Å². The summed E-state index contributed by atoms with van der Waals surface area (Å²) in [6.45, 7) is 6.63. The van der Waals surface area contributed by atoms with Gasteiger partial charge in [0.1, 0.15) is 5.78 Å². The summed E-state index contributed by atoms with van der Waals surface area (Å²) in [5.41, 5.74) is 8.88. The van der Waals surface area contributed by atoms with E-state index in [1.54, 1.807) is 0 Å². The normalized spacial score (nSPS) is 31.6. The molecule has 21 heavy (non-hydrogen) atoms. The minimum absolute atomic E-state index is 0.116. The maximum Gasteiger partial charge on any atom is 0.142 e. The average molecular weight is 285 g/mol. The summed E-state index contributed by atoms with van der Waals surface area (Å²) in [6.07, 6.45) is 4.17. The molecule has 2 aliphatic rings. The van der Waals surface area contributed by atoms with E-state index in [1.807, 2.05) is 0 Å². The van der Waals surface area contributed by atoms with Crippen LogP contribution in [0.2, 0.25) is 0 Å². The lowest BCUT2D eigenvalue weighted by atomic mass is 9.80. The van der Waals surface area contributed by atoms with Gasteiger partial charge in [-0.3, -0.25) is 4.79 Å². The van der Waals surface area contributed by atoms with E-state index in [0.29, 0.717) is 24.0 Å². The predicted octanol–water partition coefficient (Wildman–Crippen LogP) is 3.47. The van der Waals surface area contributed by atoms with Crippen molar-refractivity contribution in [3.63, 3.8) is 0 Å². The Morgan fingerprint density at radius 1 is 1.14 bits per heavy atom. The van der Waals surface area contributed by atoms with Gasteiger partial charge >= 0.3 is 0 Å². The number of rotatable bonds is 3. The number of ketones is 1. The van der Waals surface area contributed by atoms with Gasteiger partial charge in [-0.25, -0.2) is 0 Å². The minimum atomic E-state index is 0.116. The third-order valence-electron chi connectivity index (χ3n) is 5.55. The Labute approximate surface area is 128 Å². The molecule has 0 radical (unpaired) electrons. The third-order valence-corrected chi connectivity index (χ3v) is 5.55. The fraction of sp³-hybridized carbons (Fsp3) is 0.632. The molecule has 2 aliphatic carbocycles. The summed E-state index contributed by atoms with van der Waals surface area (Å²) in [7, 11) is 0. The van der Waals surface area contributed by atoms with Crippen molar-refractivity contribution in [1.82, 2.24) is 0 Å². The van der Waals surface area contributed by atoms with E-state index in [2.05, 4.69) is 45.0 Å². The molecular formula is C19H27NO. The van der Waals surface area contributed by atoms with Gasteiger partial charge in [0, 0.05) is 18.4 Å². The zero-order chi connectivity index (χ0) is 15.2. The van der Waals surface area contributed by atoms with E-state index < -0.39 is 0 Å². The van der Waals surface area contributed by atoms with Gasteiger partial charge in [-0.2, -0.15) is 0 Å². The molecule has 2 heteroatoms. The molecule has 2 saturated carbocycles. The number of fused-ring (bicyclic) bond motifs is 2. The average Bonchev–Trinajstić information content (AvgIpc) is 2.98. The molecule has 1 aromatic carbocycles. The molecule has 0 aromatic heterocycles. The fourth-order valence-corrected chi connectivity index (χ4v) is 4.26. The van der Waals surface area contributed by atoms with Gasteiger partial charge in [0.25, 0.3) is 0 Å². The molecule has 2 fully saturated rings. The van der Waals surface area contributed by atoms with Crippen LogP contribution in [0.15, 0.2) is 24.3 Å². The van der Waals surface area contributed by atoms with Crippen molar-refractivity contribution in [2.75, 3.05) is 0 Å². The van der Waals surface area contributed by atoms with Crippen LogP contribution in [-0.2, 0) is 16.6 Å². The first-order chi connectivity index (χ1) is 9.86. The molecule has 3 rings (SSSR count). The number of hydrogen-bond donors (Lipinski definition) is 1. The second-order valence-corrected chi connectivity index (χ2v) is 8.03. The molecule has 4 unspecified atom stereocenters. The summed E-state index contributed by atoms with van der Waals surface area (Å²) < 4.78 is 0. The Hall–Kier alpha value is -1.15. The van der Waals surface area contributed by atoms with Gasteiger partial charge in [-0.1, -0.05) is 45.0 Å². The Morgan fingerprint density at radius 2 is 1.76 bits per heavy atom. The number of carbonyl (C=O) groups excluding carboxylic acids is 1. The Kier molecular flexibility index (Phi) is 3.69. The van der Waals surface area contributed by atoms with Crippen LogP contribution in [0.25, 0.3) is 0 Å². The van der Waals surface area contributed by atoms with Crippen molar-refractivity contribution in [3.8, 4) is 0 Å². The van der Waals surface area contributed by atoms with Crippen LogP contribution in [0.1, 0.15) is 51.2 Å². The molecule has 0 spiro atoms. The number of carbonyl (C=O) groups is 1. The molecule has 114 valence electrons. The highest BCUT2D eigenvalue weighted by Crippen LogP contribution is 2.48. The first kappa shape index (κ1) is 14.8. The molecule has 2 bridgehead atoms. The van der Waals surface area contributed by atoms with Crippen molar-refractivity contribution >= 4 is 5.78 Å². The lowest BCUT2D eigenvalue weighted by Gasteiger charge is -2.27. The Bertz CT molecular complexity index is 523. The zero-order valence-corrected chi connectivity index (χ0v) is 13.4. The van der Waals surface area contributed by atoms with Gasteiger partial charge in [0.15, 0.2) is 0 Å². The van der Waals surface area contributed by atoms with Gasteiger partial charge in [0.2, 0.25) is 0 Å². The van der Waals surface area contributed by atoms with E-state index in [4.69, 9.17) is 5.73 Å². The second-order valence-electron chi connectivity index (χ2n) is 8.03. The SMILES string of the molecule is CC(C)(C)c1ccc(CC(=O)C2C3CCC(C3)C2N)cc1. The highest BCUT2D eigenvalue weighted by molar-refractivity contribution is 5.84.